The fraction of sp³-hybridized carbons (Fsp3) is 0.442. The van der Waals surface area contributed by atoms with Crippen LogP contribution in [0.5, 0.6) is 0 Å². The van der Waals surface area contributed by atoms with Crippen LogP contribution < -0.4 is 24.8 Å². The zero-order valence-electron chi connectivity index (χ0n) is 30.7. The number of rotatable bonds is 3. The molecular weight excluding hydrogens is 679 g/mol. The molecule has 1 aliphatic rings. The average molecular weight is 735 g/mol. The van der Waals surface area contributed by atoms with Gasteiger partial charge in [-0.15, -0.1) is 11.1 Å². The molecule has 46 heavy (non-hydrogen) atoms. The molecule has 5 rings (SSSR count). The van der Waals surface area contributed by atoms with Crippen LogP contribution in [0.4, 0.5) is 0 Å². The van der Waals surface area contributed by atoms with Gasteiger partial charge in [-0.2, -0.15) is 46.5 Å². The summed E-state index contributed by atoms with van der Waals surface area (Å²) in [6.07, 6.45) is 3.34. The van der Waals surface area contributed by atoms with Crippen molar-refractivity contribution in [2.75, 3.05) is 0 Å². The van der Waals surface area contributed by atoms with Crippen LogP contribution in [0.2, 0.25) is 0 Å². The molecule has 0 fully saturated rings. The van der Waals surface area contributed by atoms with Crippen molar-refractivity contribution in [2.24, 2.45) is 0 Å². The molecule has 0 nitrogen and oxygen atoms in total. The Balaban J connectivity index is 0.000000366. The standard InChI is InChI=1S/C21H25.C13H21.C9H10.2ClH.Zr/c1-20(2,3)16-7-9-18-14(12-16)11-15-13-17(21(4,5)6)8-10-19(15)18;1-6-10-8-11(7-2)12(9-10)13(3,4)5;1-3-9-6-4-8(2)5-7-9;;;/h7-10,12H,11H2,1-6H3;8-9H,6-7H2,1-5H3;4-7H,1-2H3;2*1H;/q2*-1;;;;+2/p-2. The van der Waals surface area contributed by atoms with E-state index in [9.17, 15) is 0 Å². The molecule has 4 aromatic rings. The molecule has 0 amide bonds. The van der Waals surface area contributed by atoms with Gasteiger partial charge in [0.1, 0.15) is 0 Å². The van der Waals surface area contributed by atoms with Gasteiger partial charge in [0.15, 0.2) is 0 Å². The summed E-state index contributed by atoms with van der Waals surface area (Å²) in [5, 5.41) is 0. The van der Waals surface area contributed by atoms with E-state index in [2.05, 4.69) is 163 Å². The van der Waals surface area contributed by atoms with E-state index in [0.717, 1.165) is 19.3 Å². The summed E-state index contributed by atoms with van der Waals surface area (Å²) >= 11 is 1.51. The van der Waals surface area contributed by atoms with Crippen LogP contribution in [0, 0.1) is 13.0 Å². The van der Waals surface area contributed by atoms with E-state index in [1.54, 1.807) is 0 Å². The van der Waals surface area contributed by atoms with E-state index in [0.29, 0.717) is 5.41 Å². The first kappa shape index (κ1) is 42.4. The third-order valence-electron chi connectivity index (χ3n) is 8.58. The van der Waals surface area contributed by atoms with Gasteiger partial charge in [0.05, 0.1) is 0 Å². The second kappa shape index (κ2) is 17.1. The molecule has 4 aromatic carbocycles. The Morgan fingerprint density at radius 1 is 0.739 bits per heavy atom. The molecule has 248 valence electrons. The molecule has 1 aliphatic carbocycles. The minimum Gasteiger partial charge on any atom is -1.00 e. The van der Waals surface area contributed by atoms with Crippen LogP contribution in [0.1, 0.15) is 133 Å². The first-order valence-electron chi connectivity index (χ1n) is 16.5. The molecule has 0 saturated carbocycles. The van der Waals surface area contributed by atoms with Crippen molar-refractivity contribution in [3.63, 3.8) is 0 Å². The number of hydrogen-bond donors (Lipinski definition) is 0. The maximum atomic E-state index is 3.67. The number of halogens is 2. The summed E-state index contributed by atoms with van der Waals surface area (Å²) in [5.74, 6) is 0. The molecular formula is C43H56Cl2Zr-2. The first-order valence-corrected chi connectivity index (χ1v) is 17.7. The number of benzene rings is 3. The maximum absolute atomic E-state index is 3.67. The largest absolute Gasteiger partial charge is 1.00 e. The predicted molar refractivity (Wildman–Crippen MR) is 191 cm³/mol. The van der Waals surface area contributed by atoms with Crippen LogP contribution in [-0.2, 0) is 59.7 Å². The Labute approximate surface area is 309 Å². The molecule has 0 unspecified atom stereocenters. The fourth-order valence-corrected chi connectivity index (χ4v) is 6.06. The third kappa shape index (κ3) is 11.2. The summed E-state index contributed by atoms with van der Waals surface area (Å²) in [4.78, 5) is 0. The average Bonchev–Trinajstić information content (AvgIpc) is 3.54. The summed E-state index contributed by atoms with van der Waals surface area (Å²) in [6.45, 7) is 29.2. The number of aryl methyl sites for hydroxylation is 3. The van der Waals surface area contributed by atoms with Gasteiger partial charge in [0.2, 0.25) is 0 Å². The molecule has 0 bridgehead atoms. The minimum atomic E-state index is 0. The number of fused-ring (bicyclic) bond motifs is 3. The van der Waals surface area contributed by atoms with Gasteiger partial charge in [0.25, 0.3) is 0 Å². The Kier molecular flexibility index (Phi) is 15.8. The topological polar surface area (TPSA) is 0 Å². The summed E-state index contributed by atoms with van der Waals surface area (Å²) in [5.41, 5.74) is 16.3. The van der Waals surface area contributed by atoms with E-state index < -0.39 is 0 Å². The van der Waals surface area contributed by atoms with E-state index >= 15 is 0 Å². The normalized spacial score (nSPS) is 11.9. The van der Waals surface area contributed by atoms with Crippen LogP contribution >= 0.6 is 0 Å². The van der Waals surface area contributed by atoms with Gasteiger partial charge in [0, 0.05) is 0 Å². The van der Waals surface area contributed by atoms with Crippen LogP contribution in [0.25, 0.3) is 11.1 Å². The monoisotopic (exact) mass is 732 g/mol. The summed E-state index contributed by atoms with van der Waals surface area (Å²) < 4.78 is 1.46. The van der Waals surface area contributed by atoms with Gasteiger partial charge >= 0.3 is 76.7 Å². The van der Waals surface area contributed by atoms with E-state index in [-0.39, 0.29) is 35.6 Å². The van der Waals surface area contributed by atoms with E-state index in [4.69, 9.17) is 0 Å². The Morgan fingerprint density at radius 3 is 1.78 bits per heavy atom. The third-order valence-corrected chi connectivity index (χ3v) is 9.29. The fourth-order valence-electron chi connectivity index (χ4n) is 5.65. The second-order valence-corrected chi connectivity index (χ2v) is 17.4. The zero-order valence-corrected chi connectivity index (χ0v) is 34.7. The summed E-state index contributed by atoms with van der Waals surface area (Å²) in [7, 11) is 0. The molecule has 0 aliphatic heterocycles. The SMILES string of the molecule is CC(C)(C)c1[c-]c2c(cc1)-c1ccc(C(C)(C)C)cc1C2.CCc1cc(C(C)(C)C)c(CC)[cH-]1.C[C](=[Zr+2])c1ccc(C)cc1.[Cl-].[Cl-]. The zero-order chi connectivity index (χ0) is 33.0. The molecule has 0 heterocycles. The predicted octanol–water partition coefficient (Wildman–Crippen LogP) is 5.57. The van der Waals surface area contributed by atoms with Gasteiger partial charge < -0.3 is 24.8 Å². The van der Waals surface area contributed by atoms with Crippen molar-refractivity contribution < 1.29 is 49.0 Å². The maximum Gasteiger partial charge on any atom is -1.00 e. The quantitative estimate of drug-likeness (QED) is 0.213. The van der Waals surface area contributed by atoms with Crippen molar-refractivity contribution in [1.82, 2.24) is 0 Å². The van der Waals surface area contributed by atoms with Crippen LogP contribution in [0.15, 0.2) is 66.7 Å². The molecule has 0 spiro atoms. The van der Waals surface area contributed by atoms with Crippen molar-refractivity contribution in [2.45, 2.75) is 126 Å². The van der Waals surface area contributed by atoms with Crippen molar-refractivity contribution in [1.29, 1.82) is 0 Å². The Hall–Kier alpha value is -1.66. The van der Waals surface area contributed by atoms with Crippen LogP contribution in [-0.4, -0.2) is 3.21 Å². The Morgan fingerprint density at radius 2 is 1.33 bits per heavy atom. The number of hydrogen-bond acceptors (Lipinski definition) is 0. The molecule has 3 heteroatoms. The van der Waals surface area contributed by atoms with Gasteiger partial charge in [-0.1, -0.05) is 118 Å². The van der Waals surface area contributed by atoms with Crippen molar-refractivity contribution in [3.8, 4) is 11.1 Å². The summed E-state index contributed by atoms with van der Waals surface area (Å²) in [6, 6.07) is 28.6. The van der Waals surface area contributed by atoms with Crippen molar-refractivity contribution >= 4 is 3.21 Å². The minimum absolute atomic E-state index is 0. The van der Waals surface area contributed by atoms with E-state index in [1.165, 1.54) is 88.6 Å². The molecule has 0 radical (unpaired) electrons. The van der Waals surface area contributed by atoms with Gasteiger partial charge in [-0.3, -0.25) is 0 Å². The van der Waals surface area contributed by atoms with Gasteiger partial charge in [-0.05, 0) is 28.4 Å². The molecule has 0 atom stereocenters. The van der Waals surface area contributed by atoms with Crippen molar-refractivity contribution in [3.05, 3.63) is 123 Å². The van der Waals surface area contributed by atoms with Crippen LogP contribution in [0.3, 0.4) is 0 Å². The van der Waals surface area contributed by atoms with E-state index in [1.807, 2.05) is 0 Å². The first-order chi connectivity index (χ1) is 20.3. The smallest absolute Gasteiger partial charge is 1.00 e. The Bertz CT molecular complexity index is 1500. The molecule has 0 aromatic heterocycles. The second-order valence-electron chi connectivity index (χ2n) is 15.6. The van der Waals surface area contributed by atoms with Gasteiger partial charge in [-0.25, -0.2) is 6.07 Å². The molecule has 0 N–H and O–H groups in total. The molecule has 0 saturated heterocycles.